The Morgan fingerprint density at radius 2 is 1.92 bits per heavy atom. The number of ether oxygens (including phenoxy) is 1. The van der Waals surface area contributed by atoms with Crippen molar-refractivity contribution in [2.24, 2.45) is 10.9 Å². The average molecular weight is 565 g/mol. The Morgan fingerprint density at radius 1 is 1.18 bits per heavy atom. The van der Waals surface area contributed by atoms with Crippen molar-refractivity contribution < 1.29 is 27.1 Å². The van der Waals surface area contributed by atoms with Crippen LogP contribution in [0.1, 0.15) is 38.1 Å². The van der Waals surface area contributed by atoms with Crippen LogP contribution in [0.4, 0.5) is 28.0 Å². The van der Waals surface area contributed by atoms with Gasteiger partial charge in [-0.25, -0.2) is 18.9 Å². The number of carbonyl (C=O) groups is 1. The lowest BCUT2D eigenvalue weighted by Gasteiger charge is -2.23. The van der Waals surface area contributed by atoms with Crippen molar-refractivity contribution in [3.63, 3.8) is 0 Å². The van der Waals surface area contributed by atoms with E-state index in [1.165, 1.54) is 59.2 Å². The molecule has 39 heavy (non-hydrogen) atoms. The first-order valence-corrected chi connectivity index (χ1v) is 13.3. The molecule has 1 aromatic heterocycles. The van der Waals surface area contributed by atoms with Crippen molar-refractivity contribution in [1.82, 2.24) is 20.1 Å². The number of aliphatic imine (C=N–C) groups is 1. The molecule has 2 heterocycles. The summed E-state index contributed by atoms with van der Waals surface area (Å²) in [5.41, 5.74) is 2.23. The fourth-order valence-corrected chi connectivity index (χ4v) is 4.99. The third kappa shape index (κ3) is 7.71. The highest BCUT2D eigenvalue weighted by Crippen LogP contribution is 2.33. The molecule has 0 spiro atoms. The fourth-order valence-electron chi connectivity index (χ4n) is 4.04. The van der Waals surface area contributed by atoms with Gasteiger partial charge >= 0.3 is 12.4 Å². The predicted molar refractivity (Wildman–Crippen MR) is 142 cm³/mol. The Hall–Kier alpha value is -3.61. The first-order valence-electron chi connectivity index (χ1n) is 12.3. The number of aromatic nitrogens is 3. The number of benzene rings is 2. The maximum absolute atomic E-state index is 13.8. The van der Waals surface area contributed by atoms with Gasteiger partial charge in [0, 0.05) is 31.0 Å². The molecule has 0 aliphatic carbocycles. The summed E-state index contributed by atoms with van der Waals surface area (Å²) in [6, 6.07) is 9.49. The zero-order valence-electron chi connectivity index (χ0n) is 21.6. The zero-order valence-corrected chi connectivity index (χ0v) is 22.4. The summed E-state index contributed by atoms with van der Waals surface area (Å²) in [7, 11) is 0. The van der Waals surface area contributed by atoms with Gasteiger partial charge in [-0.2, -0.15) is 10.1 Å². The van der Waals surface area contributed by atoms with Crippen LogP contribution in [-0.4, -0.2) is 51.2 Å². The third-order valence-corrected chi connectivity index (χ3v) is 6.84. The molecule has 13 heteroatoms. The number of amides is 2. The number of anilines is 1. The fraction of sp³-hybridized carbons (Fsp3) is 0.385. The molecule has 0 bridgehead atoms. The van der Waals surface area contributed by atoms with E-state index in [2.05, 4.69) is 25.1 Å². The van der Waals surface area contributed by atoms with Gasteiger partial charge in [0.2, 0.25) is 0 Å². The van der Waals surface area contributed by atoms with E-state index in [9.17, 15) is 22.4 Å². The first kappa shape index (κ1) is 28.4. The first-order chi connectivity index (χ1) is 18.5. The SMILES string of the molecule is CC(CNC(=O)/N=C1\SCCN1c1ccc(F)cc1C(C)C)Cc1ncn(-c2ccc(OC(F)(F)F)cc2)n1. The number of hydrogen-bond acceptors (Lipinski definition) is 5. The maximum atomic E-state index is 13.8. The molecule has 1 aliphatic heterocycles. The second-order valence-electron chi connectivity index (χ2n) is 9.39. The largest absolute Gasteiger partial charge is 0.573 e. The van der Waals surface area contributed by atoms with Gasteiger partial charge in [0.25, 0.3) is 0 Å². The standard InChI is InChI=1S/C26H28F4N6O2S/c1-16(2)21-13-18(27)4-9-22(21)35-10-11-39-25(35)33-24(37)31-14-17(3)12-23-32-15-36(34-23)19-5-7-20(8-6-19)38-26(28,29)30/h4-9,13,15-17H,10-12,14H2,1-3H3,(H,31,37)/b33-25-. The minimum atomic E-state index is -4.76. The normalized spacial score (nSPS) is 15.7. The number of hydrogen-bond donors (Lipinski definition) is 1. The van der Waals surface area contributed by atoms with E-state index < -0.39 is 12.4 Å². The summed E-state index contributed by atoms with van der Waals surface area (Å²) in [5.74, 6) is 0.767. The lowest BCUT2D eigenvalue weighted by Crippen LogP contribution is -2.30. The van der Waals surface area contributed by atoms with E-state index >= 15 is 0 Å². The number of halogens is 4. The zero-order chi connectivity index (χ0) is 28.2. The van der Waals surface area contributed by atoms with Crippen LogP contribution in [0.25, 0.3) is 5.69 Å². The van der Waals surface area contributed by atoms with E-state index in [4.69, 9.17) is 0 Å². The van der Waals surface area contributed by atoms with Crippen molar-refractivity contribution in [3.8, 4) is 11.4 Å². The lowest BCUT2D eigenvalue weighted by molar-refractivity contribution is -0.274. The second kappa shape index (κ2) is 12.1. The number of amidine groups is 1. The number of urea groups is 1. The van der Waals surface area contributed by atoms with Crippen molar-refractivity contribution >= 4 is 28.6 Å². The minimum absolute atomic E-state index is 0.00969. The summed E-state index contributed by atoms with van der Waals surface area (Å²) in [6.07, 6.45) is -2.82. The molecule has 1 fully saturated rings. The molecule has 1 aliphatic rings. The number of rotatable bonds is 8. The van der Waals surface area contributed by atoms with Gasteiger partial charge in [0.05, 0.1) is 5.69 Å². The molecule has 3 aromatic rings. The van der Waals surface area contributed by atoms with Crippen LogP contribution in [0, 0.1) is 11.7 Å². The molecule has 0 saturated carbocycles. The highest BCUT2D eigenvalue weighted by molar-refractivity contribution is 8.14. The molecule has 4 rings (SSSR count). The van der Waals surface area contributed by atoms with Gasteiger partial charge in [0.15, 0.2) is 11.0 Å². The maximum Gasteiger partial charge on any atom is 0.573 e. The predicted octanol–water partition coefficient (Wildman–Crippen LogP) is 5.93. The molecule has 1 N–H and O–H groups in total. The van der Waals surface area contributed by atoms with E-state index in [-0.39, 0.29) is 23.4 Å². The Kier molecular flexibility index (Phi) is 8.78. The second-order valence-corrected chi connectivity index (χ2v) is 10.5. The van der Waals surface area contributed by atoms with Crippen LogP contribution in [0.15, 0.2) is 53.8 Å². The van der Waals surface area contributed by atoms with E-state index in [0.29, 0.717) is 36.2 Å². The molecule has 1 atom stereocenters. The van der Waals surface area contributed by atoms with Gasteiger partial charge in [-0.1, -0.05) is 32.5 Å². The monoisotopic (exact) mass is 564 g/mol. The molecule has 1 unspecified atom stereocenters. The average Bonchev–Trinajstić information content (AvgIpc) is 3.52. The Bertz CT molecular complexity index is 1330. The molecule has 0 radical (unpaired) electrons. The van der Waals surface area contributed by atoms with Gasteiger partial charge in [-0.15, -0.1) is 13.2 Å². The van der Waals surface area contributed by atoms with Gasteiger partial charge < -0.3 is 15.0 Å². The highest BCUT2D eigenvalue weighted by atomic mass is 32.2. The number of nitrogens with zero attached hydrogens (tertiary/aromatic N) is 5. The summed E-state index contributed by atoms with van der Waals surface area (Å²) in [4.78, 5) is 23.1. The summed E-state index contributed by atoms with van der Waals surface area (Å²) in [6.45, 7) is 6.93. The smallest absolute Gasteiger partial charge is 0.406 e. The molecule has 1 saturated heterocycles. The Balaban J connectivity index is 1.32. The lowest BCUT2D eigenvalue weighted by atomic mass is 10.0. The number of carbonyl (C=O) groups excluding carboxylic acids is 1. The van der Waals surface area contributed by atoms with Crippen LogP contribution >= 0.6 is 11.8 Å². The van der Waals surface area contributed by atoms with Crippen molar-refractivity contribution in [2.45, 2.75) is 39.5 Å². The van der Waals surface area contributed by atoms with E-state index in [0.717, 1.165) is 17.0 Å². The van der Waals surface area contributed by atoms with E-state index in [1.807, 2.05) is 25.7 Å². The molecule has 8 nitrogen and oxygen atoms in total. The van der Waals surface area contributed by atoms with Crippen LogP contribution in [0.2, 0.25) is 0 Å². The summed E-state index contributed by atoms with van der Waals surface area (Å²) in [5, 5.41) is 7.76. The minimum Gasteiger partial charge on any atom is -0.406 e. The van der Waals surface area contributed by atoms with Gasteiger partial charge in [0.1, 0.15) is 17.9 Å². The van der Waals surface area contributed by atoms with Crippen molar-refractivity contribution in [3.05, 3.63) is 66.0 Å². The van der Waals surface area contributed by atoms with Crippen LogP contribution in [-0.2, 0) is 6.42 Å². The Morgan fingerprint density at radius 3 is 2.62 bits per heavy atom. The highest BCUT2D eigenvalue weighted by Gasteiger charge is 2.31. The van der Waals surface area contributed by atoms with Crippen molar-refractivity contribution in [1.29, 1.82) is 0 Å². The summed E-state index contributed by atoms with van der Waals surface area (Å²) < 4.78 is 56.2. The van der Waals surface area contributed by atoms with Crippen LogP contribution in [0.3, 0.4) is 0 Å². The van der Waals surface area contributed by atoms with E-state index in [1.54, 1.807) is 6.07 Å². The number of nitrogens with one attached hydrogen (secondary N) is 1. The topological polar surface area (TPSA) is 84.6 Å². The molecular weight excluding hydrogens is 536 g/mol. The van der Waals surface area contributed by atoms with Gasteiger partial charge in [-0.3, -0.25) is 0 Å². The summed E-state index contributed by atoms with van der Waals surface area (Å²) >= 11 is 1.47. The molecule has 2 aromatic carbocycles. The van der Waals surface area contributed by atoms with Crippen LogP contribution in [0.5, 0.6) is 5.75 Å². The molecule has 208 valence electrons. The van der Waals surface area contributed by atoms with Crippen LogP contribution < -0.4 is 15.0 Å². The molecule has 2 amide bonds. The Labute approximate surface area is 227 Å². The van der Waals surface area contributed by atoms with Gasteiger partial charge in [-0.05, 0) is 59.9 Å². The molecular formula is C26H28F4N6O2S. The quantitative estimate of drug-likeness (QED) is 0.342. The number of alkyl halides is 3. The number of thioether (sulfide) groups is 1. The third-order valence-electron chi connectivity index (χ3n) is 5.88. The van der Waals surface area contributed by atoms with Crippen molar-refractivity contribution in [2.75, 3.05) is 23.7 Å².